The summed E-state index contributed by atoms with van der Waals surface area (Å²) < 4.78 is 0. The maximum atomic E-state index is 9.03. The molecule has 1 atom stereocenters. The lowest BCUT2D eigenvalue weighted by Crippen LogP contribution is -2.23. The Labute approximate surface area is 124 Å². The molecule has 0 aliphatic rings. The summed E-state index contributed by atoms with van der Waals surface area (Å²) in [4.78, 5) is 0.110. The van der Waals surface area contributed by atoms with Crippen LogP contribution in [0.5, 0.6) is 0 Å². The molecular formula is C14H16ClN3S. The van der Waals surface area contributed by atoms with Crippen LogP contribution in [-0.2, 0) is 0 Å². The van der Waals surface area contributed by atoms with Gasteiger partial charge in [0, 0.05) is 10.7 Å². The zero-order chi connectivity index (χ0) is 14.4. The molecule has 100 valence electrons. The minimum atomic E-state index is 0.0926. The van der Waals surface area contributed by atoms with Crippen LogP contribution in [0.3, 0.4) is 0 Å². The van der Waals surface area contributed by atoms with Crippen LogP contribution in [0.2, 0.25) is 5.02 Å². The van der Waals surface area contributed by atoms with Gasteiger partial charge in [0.1, 0.15) is 16.6 Å². The van der Waals surface area contributed by atoms with Crippen LogP contribution in [0.25, 0.3) is 0 Å². The molecule has 5 heteroatoms. The van der Waals surface area contributed by atoms with E-state index in [0.29, 0.717) is 16.3 Å². The van der Waals surface area contributed by atoms with E-state index >= 15 is 0 Å². The van der Waals surface area contributed by atoms with E-state index in [0.717, 1.165) is 12.0 Å². The highest BCUT2D eigenvalue weighted by atomic mass is 35.5. The van der Waals surface area contributed by atoms with Gasteiger partial charge in [0.25, 0.3) is 0 Å². The summed E-state index contributed by atoms with van der Waals surface area (Å²) in [6.07, 6.45) is 0.870. The summed E-state index contributed by atoms with van der Waals surface area (Å²) in [5, 5.41) is 13.0. The Hall–Kier alpha value is -1.57. The summed E-state index contributed by atoms with van der Waals surface area (Å²) in [6.45, 7) is 3.86. The van der Waals surface area contributed by atoms with Crippen molar-refractivity contribution in [1.82, 2.24) is 5.32 Å². The zero-order valence-electron chi connectivity index (χ0n) is 10.9. The molecule has 0 spiro atoms. The molecular weight excluding hydrogens is 278 g/mol. The molecule has 0 saturated carbocycles. The number of hydrogen-bond acceptors (Lipinski definition) is 3. The van der Waals surface area contributed by atoms with Crippen molar-refractivity contribution in [3.8, 4) is 6.07 Å². The van der Waals surface area contributed by atoms with Gasteiger partial charge in [-0.1, -0.05) is 42.9 Å². The molecule has 0 bridgehead atoms. The van der Waals surface area contributed by atoms with Crippen molar-refractivity contribution in [2.75, 3.05) is 0 Å². The van der Waals surface area contributed by atoms with Gasteiger partial charge in [-0.15, -0.1) is 0 Å². The average Bonchev–Trinajstić information content (AvgIpc) is 2.37. The number of nitrogens with zero attached hydrogens (tertiary/aromatic N) is 1. The minimum Gasteiger partial charge on any atom is -0.389 e. The second-order valence-electron chi connectivity index (χ2n) is 4.13. The van der Waals surface area contributed by atoms with Crippen molar-refractivity contribution >= 4 is 28.8 Å². The molecule has 1 rings (SSSR count). The highest BCUT2D eigenvalue weighted by Crippen LogP contribution is 2.20. The normalized spacial score (nSPS) is 13.2. The van der Waals surface area contributed by atoms with Gasteiger partial charge in [-0.05, 0) is 31.0 Å². The molecule has 0 aromatic heterocycles. The lowest BCUT2D eigenvalue weighted by atomic mass is 10.0. The quantitative estimate of drug-likeness (QED) is 0.496. The van der Waals surface area contributed by atoms with Crippen LogP contribution in [0.15, 0.2) is 35.5 Å². The Bertz CT molecular complexity index is 529. The van der Waals surface area contributed by atoms with Crippen LogP contribution in [-0.4, -0.2) is 4.99 Å². The molecule has 19 heavy (non-hydrogen) atoms. The number of nitriles is 1. The molecule has 1 unspecified atom stereocenters. The fourth-order valence-corrected chi connectivity index (χ4v) is 2.10. The average molecular weight is 294 g/mol. The Kier molecular flexibility index (Phi) is 5.81. The zero-order valence-corrected chi connectivity index (χ0v) is 12.5. The van der Waals surface area contributed by atoms with E-state index in [1.807, 2.05) is 30.3 Å². The number of hydrogen-bond donors (Lipinski definition) is 2. The van der Waals surface area contributed by atoms with E-state index in [-0.39, 0.29) is 11.0 Å². The molecule has 0 fully saturated rings. The van der Waals surface area contributed by atoms with Crippen LogP contribution in [0.4, 0.5) is 0 Å². The first-order valence-corrected chi connectivity index (χ1v) is 6.71. The van der Waals surface area contributed by atoms with Gasteiger partial charge in [-0.3, -0.25) is 0 Å². The largest absolute Gasteiger partial charge is 0.389 e. The van der Waals surface area contributed by atoms with Crippen molar-refractivity contribution in [2.45, 2.75) is 26.3 Å². The summed E-state index contributed by atoms with van der Waals surface area (Å²) in [7, 11) is 0. The fourth-order valence-electron chi connectivity index (χ4n) is 1.77. The summed E-state index contributed by atoms with van der Waals surface area (Å²) in [5.74, 6) is 0. The third-order valence-corrected chi connectivity index (χ3v) is 3.26. The molecule has 0 saturated heterocycles. The first-order valence-electron chi connectivity index (χ1n) is 5.92. The van der Waals surface area contributed by atoms with E-state index in [9.17, 15) is 0 Å². The third kappa shape index (κ3) is 4.23. The summed E-state index contributed by atoms with van der Waals surface area (Å²) in [6, 6.07) is 9.73. The van der Waals surface area contributed by atoms with Gasteiger partial charge in [0.15, 0.2) is 0 Å². The third-order valence-electron chi connectivity index (χ3n) is 2.80. The molecule has 1 aromatic carbocycles. The summed E-state index contributed by atoms with van der Waals surface area (Å²) in [5.41, 5.74) is 7.63. The molecule has 3 nitrogen and oxygen atoms in total. The van der Waals surface area contributed by atoms with Crippen molar-refractivity contribution in [3.05, 3.63) is 46.1 Å². The van der Waals surface area contributed by atoms with E-state index in [4.69, 9.17) is 34.8 Å². The highest BCUT2D eigenvalue weighted by Gasteiger charge is 2.12. The lowest BCUT2D eigenvalue weighted by molar-refractivity contribution is 0.578. The van der Waals surface area contributed by atoms with Crippen LogP contribution < -0.4 is 11.1 Å². The number of allylic oxidation sites excluding steroid dienone is 1. The predicted octanol–water partition coefficient (Wildman–Crippen LogP) is 3.46. The fraction of sp³-hybridized carbons (Fsp3) is 0.286. The number of thiocarbonyl (C=S) groups is 1. The first kappa shape index (κ1) is 15.5. The van der Waals surface area contributed by atoms with Crippen LogP contribution in [0, 0.1) is 11.3 Å². The van der Waals surface area contributed by atoms with Gasteiger partial charge >= 0.3 is 0 Å². The van der Waals surface area contributed by atoms with Gasteiger partial charge in [0.2, 0.25) is 0 Å². The maximum Gasteiger partial charge on any atom is 0.116 e. The standard InChI is InChI=1S/C14H16ClN3S/c1-3-13(10-4-6-11(15)7-5-10)18-9(2)12(8-16)14(17)19/h4-7,13,18H,3H2,1-2H3,(H2,17,19). The van der Waals surface area contributed by atoms with E-state index < -0.39 is 0 Å². The number of benzene rings is 1. The van der Waals surface area contributed by atoms with E-state index in [1.165, 1.54) is 0 Å². The van der Waals surface area contributed by atoms with E-state index in [2.05, 4.69) is 12.2 Å². The maximum absolute atomic E-state index is 9.03. The van der Waals surface area contributed by atoms with E-state index in [1.54, 1.807) is 6.92 Å². The summed E-state index contributed by atoms with van der Waals surface area (Å²) >= 11 is 10.7. The topological polar surface area (TPSA) is 61.8 Å². The Morgan fingerprint density at radius 2 is 2.05 bits per heavy atom. The molecule has 0 radical (unpaired) electrons. The van der Waals surface area contributed by atoms with Crippen LogP contribution in [0.1, 0.15) is 31.9 Å². The van der Waals surface area contributed by atoms with Crippen molar-refractivity contribution in [1.29, 1.82) is 5.26 Å². The number of nitrogens with one attached hydrogen (secondary N) is 1. The molecule has 0 heterocycles. The Morgan fingerprint density at radius 1 is 1.47 bits per heavy atom. The minimum absolute atomic E-state index is 0.0926. The second kappa shape index (κ2) is 7.13. The molecule has 0 amide bonds. The SMILES string of the molecule is CCC(NC(C)=C(C#N)C(N)=S)c1ccc(Cl)cc1. The Morgan fingerprint density at radius 3 is 2.47 bits per heavy atom. The molecule has 3 N–H and O–H groups in total. The smallest absolute Gasteiger partial charge is 0.116 e. The molecule has 1 aromatic rings. The highest BCUT2D eigenvalue weighted by molar-refractivity contribution is 7.80. The molecule has 0 aliphatic carbocycles. The molecule has 0 aliphatic heterocycles. The van der Waals surface area contributed by atoms with Gasteiger partial charge < -0.3 is 11.1 Å². The van der Waals surface area contributed by atoms with Crippen molar-refractivity contribution in [3.63, 3.8) is 0 Å². The number of halogens is 1. The first-order chi connectivity index (χ1) is 8.99. The monoisotopic (exact) mass is 293 g/mol. The van der Waals surface area contributed by atoms with Crippen molar-refractivity contribution in [2.24, 2.45) is 5.73 Å². The van der Waals surface area contributed by atoms with Crippen molar-refractivity contribution < 1.29 is 0 Å². The number of rotatable bonds is 5. The number of nitrogens with two attached hydrogens (primary N) is 1. The lowest BCUT2D eigenvalue weighted by Gasteiger charge is -2.20. The van der Waals surface area contributed by atoms with Gasteiger partial charge in [0.05, 0.1) is 6.04 Å². The van der Waals surface area contributed by atoms with Gasteiger partial charge in [-0.25, -0.2) is 0 Å². The van der Waals surface area contributed by atoms with Gasteiger partial charge in [-0.2, -0.15) is 5.26 Å². The van der Waals surface area contributed by atoms with Crippen LogP contribution >= 0.6 is 23.8 Å². The Balaban J connectivity index is 2.98. The predicted molar refractivity (Wildman–Crippen MR) is 82.7 cm³/mol. The second-order valence-corrected chi connectivity index (χ2v) is 5.01.